The zero-order valence-corrected chi connectivity index (χ0v) is 6.09. The van der Waals surface area contributed by atoms with Crippen LogP contribution >= 0.6 is 16.3 Å². The van der Waals surface area contributed by atoms with Crippen molar-refractivity contribution in [1.29, 1.82) is 0 Å². The van der Waals surface area contributed by atoms with E-state index >= 15 is 0 Å². The summed E-state index contributed by atoms with van der Waals surface area (Å²) in [6.45, 7) is 0. The van der Waals surface area contributed by atoms with E-state index in [-0.39, 0.29) is 0 Å². The van der Waals surface area contributed by atoms with Gasteiger partial charge in [-0.3, -0.25) is 0 Å². The van der Waals surface area contributed by atoms with E-state index < -0.39 is 16.3 Å². The van der Waals surface area contributed by atoms with Crippen LogP contribution in [0.2, 0.25) is 0 Å². The van der Waals surface area contributed by atoms with Crippen LogP contribution in [0.3, 0.4) is 0 Å². The quantitative estimate of drug-likeness (QED) is 0.266. The number of rotatable bonds is 2. The van der Waals surface area contributed by atoms with Crippen molar-refractivity contribution in [2.24, 2.45) is 0 Å². The van der Waals surface area contributed by atoms with Crippen LogP contribution in [0.15, 0.2) is 0 Å². The van der Waals surface area contributed by atoms with Crippen molar-refractivity contribution in [3.8, 4) is 0 Å². The summed E-state index contributed by atoms with van der Waals surface area (Å²) in [6.07, 6.45) is 0. The first-order valence-electron chi connectivity index (χ1n) is 1.75. The average molecular weight is 182 g/mol. The van der Waals surface area contributed by atoms with Gasteiger partial charge in [-0.1, -0.05) is 0 Å². The molecule has 0 aliphatic rings. The average Bonchev–Trinajstić information content (AvgIpc) is 1.14. The van der Waals surface area contributed by atoms with Crippen LogP contribution in [0.5, 0.6) is 0 Å². The fourth-order valence-electron chi connectivity index (χ4n) is 0.184. The molecule has 0 fully saturated rings. The van der Waals surface area contributed by atoms with Gasteiger partial charge in [-0.2, -0.15) is 0 Å². The van der Waals surface area contributed by atoms with E-state index in [0.717, 1.165) is 0 Å². The van der Waals surface area contributed by atoms with Gasteiger partial charge in [-0.15, -0.1) is 0 Å². The minimum atomic E-state index is -4.98. The molecule has 0 aliphatic heterocycles. The molecular formula is H8O7P2. The minimum absolute atomic E-state index is 3.24. The van der Waals surface area contributed by atoms with Gasteiger partial charge in [0.25, 0.3) is 0 Å². The van der Waals surface area contributed by atoms with Gasteiger partial charge in [-0.05, 0) is 0 Å². The van der Waals surface area contributed by atoms with Crippen molar-refractivity contribution >= 4 is 16.3 Å². The first-order chi connectivity index (χ1) is 3.71. The molecule has 0 saturated heterocycles. The molecule has 0 aromatic heterocycles. The second kappa shape index (κ2) is 2.67. The third kappa shape index (κ3) is 8.58. The Morgan fingerprint density at radius 1 is 0.667 bits per heavy atom. The van der Waals surface area contributed by atoms with Crippen LogP contribution in [0, 0.1) is 0 Å². The third-order valence-electron chi connectivity index (χ3n) is 0.274. The number of hydrogen-bond acceptors (Lipinski definition) is 7. The topological polar surface area (TPSA) is 131 Å². The van der Waals surface area contributed by atoms with Crippen LogP contribution in [-0.2, 0) is 4.31 Å². The summed E-state index contributed by atoms with van der Waals surface area (Å²) in [7, 11) is -9.96. The van der Waals surface area contributed by atoms with Crippen LogP contribution in [0.25, 0.3) is 0 Å². The molecule has 9 heavy (non-hydrogen) atoms. The van der Waals surface area contributed by atoms with Crippen LogP contribution in [-0.4, -0.2) is 29.4 Å². The molecule has 0 aromatic carbocycles. The summed E-state index contributed by atoms with van der Waals surface area (Å²) in [5.74, 6) is 0. The molecular weight excluding hydrogens is 174 g/mol. The normalized spacial score (nSPS) is 17.6. The summed E-state index contributed by atoms with van der Waals surface area (Å²) in [5.41, 5.74) is 0. The van der Waals surface area contributed by atoms with Crippen LogP contribution in [0.1, 0.15) is 0 Å². The van der Waals surface area contributed by atoms with E-state index in [1.165, 1.54) is 0 Å². The Balaban J connectivity index is 3.75. The summed E-state index contributed by atoms with van der Waals surface area (Å²) < 4.78 is 3.24. The second-order valence-corrected chi connectivity index (χ2v) is 4.36. The molecule has 60 valence electrons. The molecule has 7 nitrogen and oxygen atoms in total. The fourth-order valence-corrected chi connectivity index (χ4v) is 1.65. The number of hydrogen-bond donors (Lipinski definition) is 6. The molecule has 6 N–H and O–H groups in total. The van der Waals surface area contributed by atoms with Crippen LogP contribution in [0.4, 0.5) is 0 Å². The maximum atomic E-state index is 7.94. The Labute approximate surface area is 51.1 Å². The van der Waals surface area contributed by atoms with Gasteiger partial charge in [0.1, 0.15) is 0 Å². The van der Waals surface area contributed by atoms with Gasteiger partial charge >= 0.3 is 50.0 Å². The summed E-state index contributed by atoms with van der Waals surface area (Å²) in [6, 6.07) is 0. The Morgan fingerprint density at radius 3 is 0.889 bits per heavy atom. The Kier molecular flexibility index (Phi) is 2.85. The summed E-state index contributed by atoms with van der Waals surface area (Å²) in [4.78, 5) is 47.6. The molecule has 0 unspecified atom stereocenters. The second-order valence-electron chi connectivity index (χ2n) is 1.25. The SMILES string of the molecule is O[PH](O)(O)O[PH](O)(O)O. The Morgan fingerprint density at radius 2 is 0.889 bits per heavy atom. The van der Waals surface area contributed by atoms with Crippen molar-refractivity contribution in [1.82, 2.24) is 0 Å². The molecule has 0 amide bonds. The van der Waals surface area contributed by atoms with Gasteiger partial charge in [0, 0.05) is 0 Å². The standard InChI is InChI=1S/H8O7P2/c1-8(2,3)7-9(4,5)6/h1-6,8-9H. The molecule has 0 aromatic rings. The zero-order valence-electron chi connectivity index (χ0n) is 4.09. The Bertz CT molecular complexity index is 72.1. The first-order valence-corrected chi connectivity index (χ1v) is 5.25. The fraction of sp³-hybridized carbons (Fsp3) is 0. The van der Waals surface area contributed by atoms with E-state index in [9.17, 15) is 0 Å². The predicted molar refractivity (Wildman–Crippen MR) is 31.0 cm³/mol. The van der Waals surface area contributed by atoms with Crippen molar-refractivity contribution in [3.63, 3.8) is 0 Å². The molecule has 0 saturated carbocycles. The van der Waals surface area contributed by atoms with E-state index in [4.69, 9.17) is 29.4 Å². The van der Waals surface area contributed by atoms with Gasteiger partial charge in [0.05, 0.1) is 0 Å². The van der Waals surface area contributed by atoms with Crippen molar-refractivity contribution in [2.75, 3.05) is 0 Å². The Hall–Kier alpha value is 0.580. The van der Waals surface area contributed by atoms with Crippen LogP contribution < -0.4 is 0 Å². The maximum absolute atomic E-state index is 7.94. The summed E-state index contributed by atoms with van der Waals surface area (Å²) in [5, 5.41) is 0. The molecule has 0 atom stereocenters. The molecule has 0 spiro atoms. The molecule has 0 heterocycles. The van der Waals surface area contributed by atoms with E-state index in [1.807, 2.05) is 0 Å². The van der Waals surface area contributed by atoms with Crippen molar-refractivity contribution in [2.45, 2.75) is 0 Å². The molecule has 0 aliphatic carbocycles. The molecule has 0 radical (unpaired) electrons. The van der Waals surface area contributed by atoms with Crippen molar-refractivity contribution < 1.29 is 33.7 Å². The third-order valence-corrected chi connectivity index (χ3v) is 2.46. The predicted octanol–water partition coefficient (Wildman–Crippen LogP) is -2.22. The van der Waals surface area contributed by atoms with E-state index in [0.29, 0.717) is 0 Å². The van der Waals surface area contributed by atoms with Crippen molar-refractivity contribution in [3.05, 3.63) is 0 Å². The monoisotopic (exact) mass is 182 g/mol. The molecule has 0 bridgehead atoms. The van der Waals surface area contributed by atoms with Gasteiger partial charge < -0.3 is 0 Å². The summed E-state index contributed by atoms with van der Waals surface area (Å²) >= 11 is 0. The zero-order chi connectivity index (χ0) is 7.71. The molecule has 9 heteroatoms. The van der Waals surface area contributed by atoms with E-state index in [1.54, 1.807) is 0 Å². The van der Waals surface area contributed by atoms with Gasteiger partial charge in [-0.25, -0.2) is 0 Å². The van der Waals surface area contributed by atoms with Gasteiger partial charge in [0.2, 0.25) is 0 Å². The van der Waals surface area contributed by atoms with Gasteiger partial charge in [0.15, 0.2) is 0 Å². The first kappa shape index (κ1) is 9.58. The van der Waals surface area contributed by atoms with E-state index in [2.05, 4.69) is 4.31 Å². The molecule has 0 rings (SSSR count).